The van der Waals surface area contributed by atoms with Gasteiger partial charge in [-0.05, 0) is 19.9 Å². The maximum Gasteiger partial charge on any atom is 0.205 e. The topological polar surface area (TPSA) is 44.1 Å². The van der Waals surface area contributed by atoms with Gasteiger partial charge < -0.3 is 4.74 Å². The smallest absolute Gasteiger partial charge is 0.205 e. The number of aromatic nitrogens is 2. The molecule has 1 aromatic heterocycles. The van der Waals surface area contributed by atoms with Gasteiger partial charge in [-0.2, -0.15) is 5.10 Å². The summed E-state index contributed by atoms with van der Waals surface area (Å²) in [5.74, 6) is -0.126. The molecule has 0 N–H and O–H groups in total. The standard InChI is InChI=1S/C11H15ClN2O2/c1-8(2)6-10(15)11-9(12)7-13-14(11)4-5-16-3/h6-7H,4-5H2,1-3H3. The van der Waals surface area contributed by atoms with Crippen molar-refractivity contribution in [2.45, 2.75) is 20.4 Å². The molecule has 0 aromatic carbocycles. The van der Waals surface area contributed by atoms with E-state index in [1.165, 1.54) is 6.20 Å². The van der Waals surface area contributed by atoms with E-state index in [9.17, 15) is 4.79 Å². The summed E-state index contributed by atoms with van der Waals surface area (Å²) in [5.41, 5.74) is 1.35. The van der Waals surface area contributed by atoms with Gasteiger partial charge in [0.1, 0.15) is 5.69 Å². The molecular weight excluding hydrogens is 228 g/mol. The quantitative estimate of drug-likeness (QED) is 0.588. The number of rotatable bonds is 5. The van der Waals surface area contributed by atoms with Crippen LogP contribution in [0, 0.1) is 0 Å². The first-order valence-corrected chi connectivity index (χ1v) is 5.33. The Labute approximate surface area is 99.8 Å². The molecule has 0 unspecified atom stereocenters. The molecule has 0 saturated heterocycles. The van der Waals surface area contributed by atoms with E-state index < -0.39 is 0 Å². The Morgan fingerprint density at radius 1 is 1.62 bits per heavy atom. The number of ether oxygens (including phenoxy) is 1. The molecule has 16 heavy (non-hydrogen) atoms. The molecule has 0 saturated carbocycles. The Balaban J connectivity index is 2.97. The molecule has 0 aliphatic rings. The fourth-order valence-corrected chi connectivity index (χ4v) is 1.52. The number of nitrogens with zero attached hydrogens (tertiary/aromatic N) is 2. The van der Waals surface area contributed by atoms with Crippen molar-refractivity contribution in [2.24, 2.45) is 0 Å². The van der Waals surface area contributed by atoms with Gasteiger partial charge in [0.15, 0.2) is 0 Å². The lowest BCUT2D eigenvalue weighted by Gasteiger charge is -2.04. The zero-order valence-corrected chi connectivity index (χ0v) is 10.4. The molecule has 0 radical (unpaired) electrons. The zero-order chi connectivity index (χ0) is 12.1. The van der Waals surface area contributed by atoms with Gasteiger partial charge in [-0.25, -0.2) is 0 Å². The van der Waals surface area contributed by atoms with Crippen molar-refractivity contribution in [3.8, 4) is 0 Å². The van der Waals surface area contributed by atoms with Crippen molar-refractivity contribution >= 4 is 17.4 Å². The predicted molar refractivity (Wildman–Crippen MR) is 62.9 cm³/mol. The molecule has 88 valence electrons. The van der Waals surface area contributed by atoms with Crippen molar-refractivity contribution in [2.75, 3.05) is 13.7 Å². The third-order valence-electron chi connectivity index (χ3n) is 1.96. The summed E-state index contributed by atoms with van der Waals surface area (Å²) in [6.45, 7) is 4.73. The Hall–Kier alpha value is -1.13. The Morgan fingerprint density at radius 3 is 2.88 bits per heavy atom. The lowest BCUT2D eigenvalue weighted by Crippen LogP contribution is -2.13. The van der Waals surface area contributed by atoms with Crippen molar-refractivity contribution in [3.05, 3.63) is 28.6 Å². The second kappa shape index (κ2) is 5.82. The molecule has 4 nitrogen and oxygen atoms in total. The van der Waals surface area contributed by atoms with Crippen LogP contribution in [0.15, 0.2) is 17.8 Å². The highest BCUT2D eigenvalue weighted by molar-refractivity contribution is 6.34. The Morgan fingerprint density at radius 2 is 2.31 bits per heavy atom. The molecule has 0 fully saturated rings. The fraction of sp³-hybridized carbons (Fsp3) is 0.455. The SMILES string of the molecule is COCCn1ncc(Cl)c1C(=O)C=C(C)C. The number of methoxy groups -OCH3 is 1. The summed E-state index contributed by atoms with van der Waals surface area (Å²) in [6, 6.07) is 0. The molecule has 1 aromatic rings. The van der Waals surface area contributed by atoms with Crippen molar-refractivity contribution in [1.29, 1.82) is 0 Å². The number of ketones is 1. The molecule has 5 heteroatoms. The summed E-state index contributed by atoms with van der Waals surface area (Å²) in [6.07, 6.45) is 3.02. The minimum Gasteiger partial charge on any atom is -0.383 e. The van der Waals surface area contributed by atoms with E-state index in [1.807, 2.05) is 13.8 Å². The lowest BCUT2D eigenvalue weighted by molar-refractivity contribution is 0.103. The highest BCUT2D eigenvalue weighted by Crippen LogP contribution is 2.16. The van der Waals surface area contributed by atoms with E-state index in [4.69, 9.17) is 16.3 Å². The second-order valence-corrected chi connectivity index (χ2v) is 4.05. The molecule has 1 heterocycles. The average molecular weight is 243 g/mol. The highest BCUT2D eigenvalue weighted by atomic mass is 35.5. The van der Waals surface area contributed by atoms with Crippen LogP contribution in [0.1, 0.15) is 24.3 Å². The van der Waals surface area contributed by atoms with E-state index >= 15 is 0 Å². The first kappa shape index (κ1) is 12.9. The predicted octanol–water partition coefficient (Wildman–Crippen LogP) is 2.33. The average Bonchev–Trinajstić information content (AvgIpc) is 2.55. The number of hydrogen-bond donors (Lipinski definition) is 0. The summed E-state index contributed by atoms with van der Waals surface area (Å²) < 4.78 is 6.50. The summed E-state index contributed by atoms with van der Waals surface area (Å²) in [7, 11) is 1.60. The van der Waals surface area contributed by atoms with Crippen LogP contribution in [0.25, 0.3) is 0 Å². The van der Waals surface area contributed by atoms with Gasteiger partial charge in [0.2, 0.25) is 5.78 Å². The van der Waals surface area contributed by atoms with Crippen molar-refractivity contribution in [1.82, 2.24) is 9.78 Å². The van der Waals surface area contributed by atoms with Crippen LogP contribution in [0.2, 0.25) is 5.02 Å². The Bertz CT molecular complexity index is 406. The highest BCUT2D eigenvalue weighted by Gasteiger charge is 2.15. The summed E-state index contributed by atoms with van der Waals surface area (Å²) in [5, 5.41) is 4.41. The summed E-state index contributed by atoms with van der Waals surface area (Å²) >= 11 is 5.93. The molecule has 0 aliphatic heterocycles. The maximum atomic E-state index is 11.9. The van der Waals surface area contributed by atoms with Gasteiger partial charge in [-0.3, -0.25) is 9.48 Å². The van der Waals surface area contributed by atoms with Crippen LogP contribution in [0.4, 0.5) is 0 Å². The van der Waals surface area contributed by atoms with Crippen LogP contribution in [-0.4, -0.2) is 29.3 Å². The number of carbonyl (C=O) groups is 1. The fourth-order valence-electron chi connectivity index (χ4n) is 1.29. The van der Waals surface area contributed by atoms with Crippen molar-refractivity contribution in [3.63, 3.8) is 0 Å². The van der Waals surface area contributed by atoms with Gasteiger partial charge in [0, 0.05) is 7.11 Å². The molecule has 0 spiro atoms. The minimum absolute atomic E-state index is 0.126. The van der Waals surface area contributed by atoms with Crippen molar-refractivity contribution < 1.29 is 9.53 Å². The number of allylic oxidation sites excluding steroid dienone is 2. The van der Waals surface area contributed by atoms with E-state index in [-0.39, 0.29) is 5.78 Å². The first-order chi connectivity index (χ1) is 7.56. The Kier molecular flexibility index (Phi) is 4.71. The van der Waals surface area contributed by atoms with Gasteiger partial charge in [0.05, 0.1) is 24.4 Å². The van der Waals surface area contributed by atoms with Gasteiger partial charge in [-0.15, -0.1) is 0 Å². The lowest BCUT2D eigenvalue weighted by atomic mass is 10.2. The third-order valence-corrected chi connectivity index (χ3v) is 2.23. The maximum absolute atomic E-state index is 11.9. The molecule has 0 atom stereocenters. The first-order valence-electron chi connectivity index (χ1n) is 4.95. The monoisotopic (exact) mass is 242 g/mol. The van der Waals surface area contributed by atoms with E-state index in [0.29, 0.717) is 23.9 Å². The summed E-state index contributed by atoms with van der Waals surface area (Å²) in [4.78, 5) is 11.9. The molecule has 1 rings (SSSR count). The van der Waals surface area contributed by atoms with E-state index in [2.05, 4.69) is 5.10 Å². The number of hydrogen-bond acceptors (Lipinski definition) is 3. The van der Waals surface area contributed by atoms with Gasteiger partial charge >= 0.3 is 0 Å². The van der Waals surface area contributed by atoms with Gasteiger partial charge in [0.25, 0.3) is 0 Å². The van der Waals surface area contributed by atoms with Crippen LogP contribution < -0.4 is 0 Å². The molecule has 0 bridgehead atoms. The zero-order valence-electron chi connectivity index (χ0n) is 9.66. The number of carbonyl (C=O) groups excluding carboxylic acids is 1. The van der Waals surface area contributed by atoms with Gasteiger partial charge in [-0.1, -0.05) is 17.2 Å². The molecular formula is C11H15ClN2O2. The largest absolute Gasteiger partial charge is 0.383 e. The van der Waals surface area contributed by atoms with Crippen LogP contribution in [-0.2, 0) is 11.3 Å². The molecule has 0 amide bonds. The van der Waals surface area contributed by atoms with E-state index in [1.54, 1.807) is 17.9 Å². The van der Waals surface area contributed by atoms with E-state index in [0.717, 1.165) is 5.57 Å². The van der Waals surface area contributed by atoms with Crippen LogP contribution in [0.3, 0.4) is 0 Å². The minimum atomic E-state index is -0.126. The normalized spacial score (nSPS) is 10.2. The number of halogens is 1. The van der Waals surface area contributed by atoms with Crippen LogP contribution in [0.5, 0.6) is 0 Å². The van der Waals surface area contributed by atoms with Crippen LogP contribution >= 0.6 is 11.6 Å². The third kappa shape index (κ3) is 3.18. The molecule has 0 aliphatic carbocycles. The second-order valence-electron chi connectivity index (χ2n) is 3.64.